The topological polar surface area (TPSA) is 118 Å². The lowest BCUT2D eigenvalue weighted by atomic mass is 9.80. The summed E-state index contributed by atoms with van der Waals surface area (Å²) < 4.78 is 4.82. The molecular formula is C79H56BClN6O2S2. The van der Waals surface area contributed by atoms with Crippen molar-refractivity contribution in [2.45, 2.75) is 7.43 Å². The molecule has 0 spiro atoms. The maximum atomic E-state index is 9.12. The van der Waals surface area contributed by atoms with Gasteiger partial charge in [0.25, 0.3) is 0 Å². The predicted octanol–water partition coefficient (Wildman–Crippen LogP) is 20.1. The number of fused-ring (bicyclic) bond motifs is 6. The highest BCUT2D eigenvalue weighted by atomic mass is 35.5. The van der Waals surface area contributed by atoms with E-state index in [1.54, 1.807) is 28.7 Å². The van der Waals surface area contributed by atoms with Crippen LogP contribution in [0.15, 0.2) is 303 Å². The van der Waals surface area contributed by atoms with E-state index in [-0.39, 0.29) is 12.7 Å². The van der Waals surface area contributed by atoms with E-state index in [4.69, 9.17) is 36.6 Å². The summed E-state index contributed by atoms with van der Waals surface area (Å²) in [7, 11) is -1.39. The monoisotopic (exact) mass is 1230 g/mol. The second kappa shape index (κ2) is 27.0. The molecule has 0 radical (unpaired) electrons. The second-order valence-corrected chi connectivity index (χ2v) is 23.9. The van der Waals surface area contributed by atoms with Crippen LogP contribution in [0, 0.1) is 0 Å². The largest absolute Gasteiger partial charge is 0.488 e. The molecule has 12 heteroatoms. The van der Waals surface area contributed by atoms with Crippen LogP contribution >= 0.6 is 34.3 Å². The highest BCUT2D eigenvalue weighted by Gasteiger charge is 2.17. The molecule has 0 unspecified atom stereocenters. The normalized spacial score (nSPS) is 10.9. The van der Waals surface area contributed by atoms with E-state index in [0.29, 0.717) is 34.6 Å². The number of benzene rings is 12. The van der Waals surface area contributed by atoms with Crippen molar-refractivity contribution < 1.29 is 10.0 Å². The molecule has 12 aromatic carbocycles. The van der Waals surface area contributed by atoms with Gasteiger partial charge in [-0.15, -0.1) is 22.7 Å². The summed E-state index contributed by atoms with van der Waals surface area (Å²) in [6, 6.07) is 103. The number of halogens is 1. The third-order valence-electron chi connectivity index (χ3n) is 15.6. The Morgan fingerprint density at radius 2 is 0.495 bits per heavy atom. The van der Waals surface area contributed by atoms with Gasteiger partial charge in [-0.2, -0.15) is 9.97 Å². The van der Waals surface area contributed by atoms with Gasteiger partial charge < -0.3 is 10.0 Å². The van der Waals surface area contributed by atoms with Crippen molar-refractivity contribution in [2.24, 2.45) is 0 Å². The first-order chi connectivity index (χ1) is 44.3. The van der Waals surface area contributed by atoms with Crippen molar-refractivity contribution in [1.82, 2.24) is 29.9 Å². The molecule has 8 nitrogen and oxygen atoms in total. The number of hydrogen-bond acceptors (Lipinski definition) is 10. The number of aromatic nitrogens is 6. The zero-order chi connectivity index (χ0) is 60.8. The minimum Gasteiger partial charge on any atom is -0.423 e. The SMILES string of the molecule is C.Clc1nc(-c2ccc(-c3ccccc3)cc2)nc(-c2ccc(-c3ccccc3)cc2)n1.OB(O)c1ccc2c(c1)sc1ccccc12.c1ccc(-c2ccc(-c3nc(-c4ccc(-c5ccccc5)cc4)nc(-c4ccc5c(c4)sc4ccccc45)n3)cc2)cc1. The molecule has 0 fully saturated rings. The zero-order valence-corrected chi connectivity index (χ0v) is 50.6. The summed E-state index contributed by atoms with van der Waals surface area (Å²) in [6.45, 7) is 0. The Hall–Kier alpha value is -10.6. The van der Waals surface area contributed by atoms with Crippen LogP contribution in [0.5, 0.6) is 0 Å². The zero-order valence-electron chi connectivity index (χ0n) is 48.2. The van der Waals surface area contributed by atoms with Crippen molar-refractivity contribution >= 4 is 87.2 Å². The second-order valence-electron chi connectivity index (χ2n) is 21.4. The molecule has 0 aliphatic heterocycles. The van der Waals surface area contributed by atoms with Gasteiger partial charge in [0.05, 0.1) is 0 Å². The van der Waals surface area contributed by atoms with Gasteiger partial charge in [0.1, 0.15) is 0 Å². The fourth-order valence-electron chi connectivity index (χ4n) is 10.9. The van der Waals surface area contributed by atoms with Crippen LogP contribution in [0.2, 0.25) is 5.28 Å². The van der Waals surface area contributed by atoms with Gasteiger partial charge in [-0.05, 0) is 85.8 Å². The van der Waals surface area contributed by atoms with Gasteiger partial charge in [0, 0.05) is 68.2 Å². The molecule has 0 aliphatic carbocycles. The molecule has 0 atom stereocenters. The van der Waals surface area contributed by atoms with Crippen LogP contribution in [-0.2, 0) is 0 Å². The van der Waals surface area contributed by atoms with Crippen molar-refractivity contribution in [3.63, 3.8) is 0 Å². The van der Waals surface area contributed by atoms with Crippen molar-refractivity contribution in [1.29, 1.82) is 0 Å². The summed E-state index contributed by atoms with van der Waals surface area (Å²) in [4.78, 5) is 28.4. The van der Waals surface area contributed by atoms with Crippen molar-refractivity contribution in [3.8, 4) is 101 Å². The fraction of sp³-hybridized carbons (Fsp3) is 0.0127. The van der Waals surface area contributed by atoms with Gasteiger partial charge in [-0.25, -0.2) is 19.9 Å². The Bertz CT molecular complexity index is 4940. The van der Waals surface area contributed by atoms with Gasteiger partial charge in [0.2, 0.25) is 5.28 Å². The van der Waals surface area contributed by atoms with Crippen LogP contribution in [0.1, 0.15) is 7.43 Å². The molecule has 2 N–H and O–H groups in total. The Balaban J connectivity index is 0.000000137. The average molecular weight is 1230 g/mol. The van der Waals surface area contributed by atoms with E-state index in [2.05, 4.69) is 215 Å². The molecule has 91 heavy (non-hydrogen) atoms. The van der Waals surface area contributed by atoms with E-state index < -0.39 is 7.12 Å². The summed E-state index contributed by atoms with van der Waals surface area (Å²) in [5.41, 5.74) is 14.5. The highest BCUT2D eigenvalue weighted by molar-refractivity contribution is 7.26. The minimum absolute atomic E-state index is 0. The Morgan fingerprint density at radius 3 is 0.846 bits per heavy atom. The van der Waals surface area contributed by atoms with Gasteiger partial charge in [0.15, 0.2) is 29.1 Å². The summed E-state index contributed by atoms with van der Waals surface area (Å²) in [5.74, 6) is 3.09. The molecule has 4 heterocycles. The van der Waals surface area contributed by atoms with E-state index in [0.717, 1.165) is 54.8 Å². The molecule has 0 saturated carbocycles. The molecule has 4 aromatic heterocycles. The Kier molecular flexibility index (Phi) is 17.6. The predicted molar refractivity (Wildman–Crippen MR) is 382 cm³/mol. The van der Waals surface area contributed by atoms with Crippen LogP contribution in [0.3, 0.4) is 0 Å². The molecule has 0 amide bonds. The quantitative estimate of drug-likeness (QED) is 0.130. The third-order valence-corrected chi connectivity index (χ3v) is 18.0. The first kappa shape index (κ1) is 59.3. The standard InChI is InChI=1S/C39H25N3S.C27H18ClN3.C12H9BO2S.CH4/c1-3-9-26(10-4-1)28-15-19-30(20-16-28)37-40-38(31-21-17-29(18-22-31)27-11-5-2-6-12-27)42-39(41-37)32-23-24-34-33-13-7-8-14-35(33)43-36(34)25-32;28-27-30-25(23-15-11-21(12-16-23)19-7-3-1-4-8-19)29-26(31-27)24-17-13-22(14-18-24)20-9-5-2-6-10-20;14-13(15)8-5-6-10-9-3-1-2-4-11(9)16-12(10)7-8;/h1-25H;1-18H;1-7,14-15H;1H4. The summed E-state index contributed by atoms with van der Waals surface area (Å²) >= 11 is 9.71. The van der Waals surface area contributed by atoms with E-state index in [1.165, 1.54) is 57.9 Å². The highest BCUT2D eigenvalue weighted by Crippen LogP contribution is 2.38. The summed E-state index contributed by atoms with van der Waals surface area (Å²) in [6.07, 6.45) is 0. The fourth-order valence-corrected chi connectivity index (χ4v) is 13.4. The number of hydrogen-bond donors (Lipinski definition) is 2. The summed E-state index contributed by atoms with van der Waals surface area (Å²) in [5, 5.41) is 23.3. The molecule has 16 aromatic rings. The van der Waals surface area contributed by atoms with E-state index in [9.17, 15) is 0 Å². The molecule has 436 valence electrons. The number of nitrogens with zero attached hydrogens (tertiary/aromatic N) is 6. The van der Waals surface area contributed by atoms with E-state index in [1.807, 2.05) is 97.1 Å². The maximum absolute atomic E-state index is 9.12. The number of rotatable bonds is 10. The van der Waals surface area contributed by atoms with Crippen molar-refractivity contribution in [2.75, 3.05) is 0 Å². The van der Waals surface area contributed by atoms with Gasteiger partial charge >= 0.3 is 7.12 Å². The van der Waals surface area contributed by atoms with Crippen LogP contribution in [0.25, 0.3) is 142 Å². The first-order valence-electron chi connectivity index (χ1n) is 29.3. The van der Waals surface area contributed by atoms with Crippen LogP contribution in [-0.4, -0.2) is 47.1 Å². The van der Waals surface area contributed by atoms with Gasteiger partial charge in [-0.3, -0.25) is 0 Å². The van der Waals surface area contributed by atoms with Gasteiger partial charge in [-0.1, -0.05) is 286 Å². The van der Waals surface area contributed by atoms with Crippen LogP contribution < -0.4 is 5.46 Å². The lowest BCUT2D eigenvalue weighted by Gasteiger charge is -2.10. The Labute approximate surface area is 541 Å². The van der Waals surface area contributed by atoms with E-state index >= 15 is 0 Å². The third kappa shape index (κ3) is 13.3. The van der Waals surface area contributed by atoms with Crippen LogP contribution in [0.4, 0.5) is 0 Å². The average Bonchev–Trinajstić information content (AvgIpc) is 2.22. The molecule has 0 saturated heterocycles. The number of thiophene rings is 2. The molecular weight excluding hydrogens is 1180 g/mol. The first-order valence-corrected chi connectivity index (χ1v) is 31.3. The smallest absolute Gasteiger partial charge is 0.423 e. The Morgan fingerprint density at radius 1 is 0.242 bits per heavy atom. The lowest BCUT2D eigenvalue weighted by Crippen LogP contribution is -2.29. The maximum Gasteiger partial charge on any atom is 0.488 e. The molecule has 0 bridgehead atoms. The van der Waals surface area contributed by atoms with Crippen molar-refractivity contribution in [3.05, 3.63) is 309 Å². The molecule has 0 aliphatic rings. The lowest BCUT2D eigenvalue weighted by molar-refractivity contribution is 0.426. The molecule has 16 rings (SSSR count). The minimum atomic E-state index is -1.39.